The first-order chi connectivity index (χ1) is 9.83. The van der Waals surface area contributed by atoms with Gasteiger partial charge in [-0.05, 0) is 37.0 Å². The van der Waals surface area contributed by atoms with Crippen molar-refractivity contribution in [3.05, 3.63) is 35.9 Å². The number of hydrogen-bond acceptors (Lipinski definition) is 2. The number of benzene rings is 1. The van der Waals surface area contributed by atoms with Gasteiger partial charge in [0.1, 0.15) is 0 Å². The van der Waals surface area contributed by atoms with Crippen molar-refractivity contribution in [3.63, 3.8) is 0 Å². The molecule has 3 atom stereocenters. The van der Waals surface area contributed by atoms with Crippen molar-refractivity contribution in [1.82, 2.24) is 5.32 Å². The zero-order valence-electron chi connectivity index (χ0n) is 13.0. The van der Waals surface area contributed by atoms with Crippen molar-refractivity contribution < 1.29 is 0 Å². The Bertz CT molecular complexity index is 365. The first-order valence-electron chi connectivity index (χ1n) is 8.26. The standard InChI is InChI=1S/C18H29NS/c1-3-5-11-18(15-9-7-6-8-10-15)19-16-12-13-17(14-16)20-4-2/h6-10,16-19H,3-5,11-14H2,1-2H3. The molecule has 3 unspecified atom stereocenters. The highest BCUT2D eigenvalue weighted by Gasteiger charge is 2.26. The molecule has 1 aliphatic carbocycles. The van der Waals surface area contributed by atoms with E-state index >= 15 is 0 Å². The molecule has 0 bridgehead atoms. The van der Waals surface area contributed by atoms with Crippen LogP contribution in [0.4, 0.5) is 0 Å². The summed E-state index contributed by atoms with van der Waals surface area (Å²) in [6.07, 6.45) is 7.96. The average Bonchev–Trinajstić information content (AvgIpc) is 2.92. The smallest absolute Gasteiger partial charge is 0.0322 e. The van der Waals surface area contributed by atoms with Gasteiger partial charge in [-0.2, -0.15) is 11.8 Å². The minimum Gasteiger partial charge on any atom is -0.307 e. The van der Waals surface area contributed by atoms with E-state index in [9.17, 15) is 0 Å². The van der Waals surface area contributed by atoms with Crippen LogP contribution in [0.3, 0.4) is 0 Å². The van der Waals surface area contributed by atoms with Gasteiger partial charge in [0.2, 0.25) is 0 Å². The van der Waals surface area contributed by atoms with Crippen molar-refractivity contribution in [3.8, 4) is 0 Å². The average molecular weight is 292 g/mol. The number of unbranched alkanes of at least 4 members (excludes halogenated alkanes) is 1. The lowest BCUT2D eigenvalue weighted by atomic mass is 10.00. The maximum absolute atomic E-state index is 3.94. The Morgan fingerprint density at radius 2 is 2.00 bits per heavy atom. The Labute approximate surface area is 128 Å². The summed E-state index contributed by atoms with van der Waals surface area (Å²) in [5.74, 6) is 1.26. The molecule has 1 aliphatic rings. The highest BCUT2D eigenvalue weighted by Crippen LogP contribution is 2.32. The Balaban J connectivity index is 1.91. The van der Waals surface area contributed by atoms with Gasteiger partial charge in [0.05, 0.1) is 0 Å². The van der Waals surface area contributed by atoms with Gasteiger partial charge in [0.25, 0.3) is 0 Å². The van der Waals surface area contributed by atoms with Crippen LogP contribution in [0.15, 0.2) is 30.3 Å². The monoisotopic (exact) mass is 291 g/mol. The third-order valence-electron chi connectivity index (χ3n) is 4.27. The molecule has 0 spiro atoms. The number of nitrogens with one attached hydrogen (secondary N) is 1. The van der Waals surface area contributed by atoms with Crippen molar-refractivity contribution in [2.24, 2.45) is 0 Å². The Hall–Kier alpha value is -0.470. The Kier molecular flexibility index (Phi) is 6.95. The second-order valence-electron chi connectivity index (χ2n) is 5.86. The van der Waals surface area contributed by atoms with Crippen LogP contribution in [0.25, 0.3) is 0 Å². The molecule has 20 heavy (non-hydrogen) atoms. The minimum atomic E-state index is 0.548. The van der Waals surface area contributed by atoms with Crippen molar-refractivity contribution >= 4 is 11.8 Å². The quantitative estimate of drug-likeness (QED) is 0.708. The van der Waals surface area contributed by atoms with E-state index in [-0.39, 0.29) is 0 Å². The molecule has 2 heteroatoms. The van der Waals surface area contributed by atoms with E-state index in [1.807, 2.05) is 0 Å². The van der Waals surface area contributed by atoms with Crippen LogP contribution in [0, 0.1) is 0 Å². The van der Waals surface area contributed by atoms with Gasteiger partial charge in [0.15, 0.2) is 0 Å². The third-order valence-corrected chi connectivity index (χ3v) is 5.50. The molecule has 0 aromatic heterocycles. The Morgan fingerprint density at radius 3 is 2.70 bits per heavy atom. The fourth-order valence-corrected chi connectivity index (χ4v) is 4.35. The van der Waals surface area contributed by atoms with Crippen LogP contribution >= 0.6 is 11.8 Å². The van der Waals surface area contributed by atoms with Gasteiger partial charge in [-0.1, -0.05) is 57.0 Å². The van der Waals surface area contributed by atoms with Crippen LogP contribution in [0.5, 0.6) is 0 Å². The van der Waals surface area contributed by atoms with Crippen LogP contribution in [0.2, 0.25) is 0 Å². The van der Waals surface area contributed by atoms with Crippen LogP contribution in [0.1, 0.15) is 64.0 Å². The maximum atomic E-state index is 3.94. The lowest BCUT2D eigenvalue weighted by molar-refractivity contribution is 0.411. The molecule has 0 saturated heterocycles. The highest BCUT2D eigenvalue weighted by atomic mass is 32.2. The summed E-state index contributed by atoms with van der Waals surface area (Å²) in [5, 5.41) is 4.83. The normalized spacial score (nSPS) is 23.9. The zero-order valence-corrected chi connectivity index (χ0v) is 13.8. The van der Waals surface area contributed by atoms with Gasteiger partial charge in [-0.3, -0.25) is 0 Å². The van der Waals surface area contributed by atoms with Gasteiger partial charge in [-0.25, -0.2) is 0 Å². The van der Waals surface area contributed by atoms with E-state index in [0.29, 0.717) is 6.04 Å². The van der Waals surface area contributed by atoms with E-state index in [0.717, 1.165) is 11.3 Å². The fraction of sp³-hybridized carbons (Fsp3) is 0.667. The van der Waals surface area contributed by atoms with E-state index in [1.165, 1.54) is 49.8 Å². The Morgan fingerprint density at radius 1 is 1.20 bits per heavy atom. The van der Waals surface area contributed by atoms with E-state index in [2.05, 4.69) is 61.3 Å². The maximum Gasteiger partial charge on any atom is 0.0322 e. The van der Waals surface area contributed by atoms with Crippen molar-refractivity contribution in [2.75, 3.05) is 5.75 Å². The van der Waals surface area contributed by atoms with Crippen LogP contribution < -0.4 is 5.32 Å². The summed E-state index contributed by atoms with van der Waals surface area (Å²) in [6, 6.07) is 12.3. The largest absolute Gasteiger partial charge is 0.307 e. The molecule has 112 valence electrons. The van der Waals surface area contributed by atoms with Crippen LogP contribution in [-0.2, 0) is 0 Å². The number of hydrogen-bond donors (Lipinski definition) is 1. The van der Waals surface area contributed by atoms with Crippen LogP contribution in [-0.4, -0.2) is 17.0 Å². The first kappa shape index (κ1) is 15.9. The lowest BCUT2D eigenvalue weighted by Gasteiger charge is -2.23. The summed E-state index contributed by atoms with van der Waals surface area (Å²) in [7, 11) is 0. The van der Waals surface area contributed by atoms with Gasteiger partial charge >= 0.3 is 0 Å². The van der Waals surface area contributed by atoms with E-state index in [1.54, 1.807) is 0 Å². The summed E-state index contributed by atoms with van der Waals surface area (Å²) >= 11 is 2.14. The molecule has 1 aromatic carbocycles. The van der Waals surface area contributed by atoms with E-state index < -0.39 is 0 Å². The molecular weight excluding hydrogens is 262 g/mol. The topological polar surface area (TPSA) is 12.0 Å². The molecule has 0 heterocycles. The lowest BCUT2D eigenvalue weighted by Crippen LogP contribution is -2.31. The predicted octanol–water partition coefficient (Wildman–Crippen LogP) is 5.18. The molecule has 0 aliphatic heterocycles. The number of rotatable bonds is 8. The SMILES string of the molecule is CCCCC(NC1CCC(SCC)C1)c1ccccc1. The second kappa shape index (κ2) is 8.74. The molecule has 0 amide bonds. The molecular formula is C18H29NS. The van der Waals surface area contributed by atoms with Gasteiger partial charge in [0, 0.05) is 17.3 Å². The predicted molar refractivity (Wildman–Crippen MR) is 91.4 cm³/mol. The third kappa shape index (κ3) is 4.82. The molecule has 1 N–H and O–H groups in total. The molecule has 2 rings (SSSR count). The molecule has 1 nitrogen and oxygen atoms in total. The summed E-state index contributed by atoms with van der Waals surface area (Å²) in [6.45, 7) is 4.56. The number of thioether (sulfide) groups is 1. The van der Waals surface area contributed by atoms with Gasteiger partial charge < -0.3 is 5.32 Å². The van der Waals surface area contributed by atoms with E-state index in [4.69, 9.17) is 0 Å². The first-order valence-corrected chi connectivity index (χ1v) is 9.31. The fourth-order valence-electron chi connectivity index (χ4n) is 3.20. The van der Waals surface area contributed by atoms with Crippen molar-refractivity contribution in [1.29, 1.82) is 0 Å². The van der Waals surface area contributed by atoms with Crippen molar-refractivity contribution in [2.45, 2.75) is 69.7 Å². The summed E-state index contributed by atoms with van der Waals surface area (Å²) in [5.41, 5.74) is 1.47. The molecule has 1 fully saturated rings. The van der Waals surface area contributed by atoms with Gasteiger partial charge in [-0.15, -0.1) is 0 Å². The molecule has 1 saturated carbocycles. The second-order valence-corrected chi connectivity index (χ2v) is 7.44. The highest BCUT2D eigenvalue weighted by molar-refractivity contribution is 7.99. The molecule has 1 aromatic rings. The summed E-state index contributed by atoms with van der Waals surface area (Å²) in [4.78, 5) is 0. The molecule has 0 radical (unpaired) electrons. The zero-order chi connectivity index (χ0) is 14.2. The summed E-state index contributed by atoms with van der Waals surface area (Å²) < 4.78 is 0. The minimum absolute atomic E-state index is 0.548.